The molecule has 8 nitrogen and oxygen atoms in total. The van der Waals surface area contributed by atoms with Gasteiger partial charge in [0.1, 0.15) is 0 Å². The third kappa shape index (κ3) is 4.64. The second-order valence-electron chi connectivity index (χ2n) is 5.54. The van der Waals surface area contributed by atoms with Crippen LogP contribution in [0.1, 0.15) is 36.3 Å². The van der Waals surface area contributed by atoms with E-state index < -0.39 is 0 Å². The molecule has 0 aliphatic heterocycles. The van der Waals surface area contributed by atoms with Gasteiger partial charge in [0.25, 0.3) is 17.7 Å². The van der Waals surface area contributed by atoms with Crippen LogP contribution in [0.2, 0.25) is 0 Å². The van der Waals surface area contributed by atoms with Crippen LogP contribution in [0.5, 0.6) is 0 Å². The highest BCUT2D eigenvalue weighted by Gasteiger charge is 2.16. The van der Waals surface area contributed by atoms with Crippen molar-refractivity contribution < 1.29 is 23.2 Å². The Morgan fingerprint density at radius 1 is 0.926 bits per heavy atom. The summed E-state index contributed by atoms with van der Waals surface area (Å²) in [7, 11) is 0. The van der Waals surface area contributed by atoms with E-state index in [0.717, 1.165) is 5.56 Å². The smallest absolute Gasteiger partial charge is 0.291 e. The van der Waals surface area contributed by atoms with Crippen LogP contribution in [-0.2, 0) is 0 Å². The van der Waals surface area contributed by atoms with Crippen LogP contribution in [0.3, 0.4) is 0 Å². The Labute approximate surface area is 158 Å². The molecule has 3 aromatic rings. The van der Waals surface area contributed by atoms with Gasteiger partial charge in [0.05, 0.1) is 22.4 Å². The molecule has 0 aliphatic rings. The van der Waals surface area contributed by atoms with Crippen molar-refractivity contribution in [3.8, 4) is 0 Å². The van der Waals surface area contributed by atoms with Crippen molar-refractivity contribution in [1.29, 1.82) is 0 Å². The van der Waals surface area contributed by atoms with E-state index in [0.29, 0.717) is 9.88 Å². The molecule has 0 aromatic carbocycles. The second kappa shape index (κ2) is 8.37. The predicted octanol–water partition coefficient (Wildman–Crippen LogP) is 2.65. The minimum atomic E-state index is -0.381. The maximum atomic E-state index is 12.3. The fourth-order valence-corrected chi connectivity index (χ4v) is 3.26. The molecule has 0 aliphatic carbocycles. The van der Waals surface area contributed by atoms with Crippen molar-refractivity contribution in [2.45, 2.75) is 6.92 Å². The molecule has 3 rings (SSSR count). The summed E-state index contributed by atoms with van der Waals surface area (Å²) in [6.45, 7) is 2.31. The monoisotopic (exact) mass is 387 g/mol. The van der Waals surface area contributed by atoms with Gasteiger partial charge >= 0.3 is 0 Å². The molecule has 140 valence electrons. The van der Waals surface area contributed by atoms with E-state index in [1.165, 1.54) is 23.9 Å². The van der Waals surface area contributed by atoms with E-state index in [1.807, 2.05) is 0 Å². The summed E-state index contributed by atoms with van der Waals surface area (Å²) in [5.74, 6) is -0.590. The van der Waals surface area contributed by atoms with Crippen molar-refractivity contribution in [3.05, 3.63) is 64.8 Å². The summed E-state index contributed by atoms with van der Waals surface area (Å²) in [5, 5.41) is 8.61. The Hall–Kier alpha value is -3.33. The first-order valence-electron chi connectivity index (χ1n) is 8.10. The Kier molecular flexibility index (Phi) is 5.72. The van der Waals surface area contributed by atoms with Crippen LogP contribution in [0.25, 0.3) is 0 Å². The van der Waals surface area contributed by atoms with Crippen LogP contribution in [0.4, 0.5) is 5.00 Å². The maximum absolute atomic E-state index is 12.3. The summed E-state index contributed by atoms with van der Waals surface area (Å²) < 4.78 is 10.0. The molecule has 3 heterocycles. The lowest BCUT2D eigenvalue weighted by Gasteiger charge is -2.05. The fourth-order valence-electron chi connectivity index (χ4n) is 2.28. The summed E-state index contributed by atoms with van der Waals surface area (Å²) >= 11 is 1.17. The van der Waals surface area contributed by atoms with Crippen molar-refractivity contribution in [3.63, 3.8) is 0 Å². The normalized spacial score (nSPS) is 10.4. The molecule has 3 N–H and O–H groups in total. The number of anilines is 1. The van der Waals surface area contributed by atoms with Crippen LogP contribution in [0, 0.1) is 6.92 Å². The molecule has 0 saturated heterocycles. The summed E-state index contributed by atoms with van der Waals surface area (Å²) in [4.78, 5) is 36.5. The standard InChI is InChI=1S/C18H17N3O5S/c1-11-10-14(21-17(23)13-5-3-9-26-13)27-15(11)18(24)20-7-6-19-16(22)12-4-2-8-25-12/h2-5,8-10H,6-7H2,1H3,(H,19,22)(H,20,24)(H,21,23). The number of aryl methyl sites for hydroxylation is 1. The van der Waals surface area contributed by atoms with Gasteiger partial charge in [-0.1, -0.05) is 0 Å². The largest absolute Gasteiger partial charge is 0.459 e. The highest BCUT2D eigenvalue weighted by atomic mass is 32.1. The summed E-state index contributed by atoms with van der Waals surface area (Å²) in [6.07, 6.45) is 2.83. The molecule has 0 atom stereocenters. The SMILES string of the molecule is Cc1cc(NC(=O)c2ccco2)sc1C(=O)NCCNC(=O)c1ccco1. The molecule has 9 heteroatoms. The quantitative estimate of drug-likeness (QED) is 0.539. The molecule has 0 fully saturated rings. The van der Waals surface area contributed by atoms with Gasteiger partial charge in [0.2, 0.25) is 0 Å². The number of carbonyl (C=O) groups excluding carboxylic acids is 3. The van der Waals surface area contributed by atoms with E-state index in [4.69, 9.17) is 8.83 Å². The van der Waals surface area contributed by atoms with E-state index in [9.17, 15) is 14.4 Å². The summed E-state index contributed by atoms with van der Waals surface area (Å²) in [5.41, 5.74) is 0.742. The third-order valence-electron chi connectivity index (χ3n) is 3.55. The second-order valence-corrected chi connectivity index (χ2v) is 6.60. The van der Waals surface area contributed by atoms with Crippen molar-refractivity contribution in [1.82, 2.24) is 10.6 Å². The molecule has 3 aromatic heterocycles. The lowest BCUT2D eigenvalue weighted by atomic mass is 10.3. The number of nitrogens with one attached hydrogen (secondary N) is 3. The Morgan fingerprint density at radius 3 is 2.11 bits per heavy atom. The average Bonchev–Trinajstić information content (AvgIpc) is 3.39. The highest BCUT2D eigenvalue weighted by molar-refractivity contribution is 7.18. The Morgan fingerprint density at radius 2 is 1.52 bits per heavy atom. The molecule has 3 amide bonds. The Bertz CT molecular complexity index is 929. The zero-order valence-corrected chi connectivity index (χ0v) is 15.2. The minimum Gasteiger partial charge on any atom is -0.459 e. The number of carbonyl (C=O) groups is 3. The molecular weight excluding hydrogens is 370 g/mol. The van der Waals surface area contributed by atoms with Crippen LogP contribution < -0.4 is 16.0 Å². The first-order chi connectivity index (χ1) is 13.0. The van der Waals surface area contributed by atoms with Crippen LogP contribution in [-0.4, -0.2) is 30.8 Å². The number of hydrogen-bond donors (Lipinski definition) is 3. The molecule has 0 unspecified atom stereocenters. The van der Waals surface area contributed by atoms with Gasteiger partial charge in [-0.3, -0.25) is 14.4 Å². The van der Waals surface area contributed by atoms with Crippen LogP contribution in [0.15, 0.2) is 51.7 Å². The summed E-state index contributed by atoms with van der Waals surface area (Å²) in [6, 6.07) is 8.08. The number of amides is 3. The topological polar surface area (TPSA) is 114 Å². The van der Waals surface area contributed by atoms with E-state index in [-0.39, 0.29) is 42.3 Å². The maximum Gasteiger partial charge on any atom is 0.291 e. The van der Waals surface area contributed by atoms with Crippen LogP contribution >= 0.6 is 11.3 Å². The van der Waals surface area contributed by atoms with Gasteiger partial charge in [0.15, 0.2) is 11.5 Å². The van der Waals surface area contributed by atoms with Gasteiger partial charge < -0.3 is 24.8 Å². The molecule has 0 bridgehead atoms. The number of rotatable bonds is 7. The minimum absolute atomic E-state index is 0.194. The van der Waals surface area contributed by atoms with Gasteiger partial charge in [0, 0.05) is 13.1 Å². The average molecular weight is 387 g/mol. The predicted molar refractivity (Wildman–Crippen MR) is 99.1 cm³/mol. The van der Waals surface area contributed by atoms with Gasteiger partial charge in [-0.2, -0.15) is 0 Å². The highest BCUT2D eigenvalue weighted by Crippen LogP contribution is 2.27. The molecule has 27 heavy (non-hydrogen) atoms. The number of hydrogen-bond acceptors (Lipinski definition) is 6. The zero-order chi connectivity index (χ0) is 19.2. The first kappa shape index (κ1) is 18.5. The lowest BCUT2D eigenvalue weighted by molar-refractivity contribution is 0.0911. The Balaban J connectivity index is 1.49. The van der Waals surface area contributed by atoms with Gasteiger partial charge in [-0.15, -0.1) is 11.3 Å². The molecule has 0 radical (unpaired) electrons. The van der Waals surface area contributed by atoms with Crippen molar-refractivity contribution >= 4 is 34.1 Å². The van der Waals surface area contributed by atoms with E-state index in [2.05, 4.69) is 16.0 Å². The first-order valence-corrected chi connectivity index (χ1v) is 8.91. The fraction of sp³-hybridized carbons (Fsp3) is 0.167. The van der Waals surface area contributed by atoms with Gasteiger partial charge in [-0.05, 0) is 42.8 Å². The van der Waals surface area contributed by atoms with Crippen molar-refractivity contribution in [2.75, 3.05) is 18.4 Å². The molecular formula is C18H17N3O5S. The molecule has 0 saturated carbocycles. The number of thiophene rings is 1. The third-order valence-corrected chi connectivity index (χ3v) is 4.70. The van der Waals surface area contributed by atoms with E-state index in [1.54, 1.807) is 37.3 Å². The molecule has 0 spiro atoms. The van der Waals surface area contributed by atoms with Gasteiger partial charge in [-0.25, -0.2) is 0 Å². The number of furan rings is 2. The van der Waals surface area contributed by atoms with E-state index >= 15 is 0 Å². The van der Waals surface area contributed by atoms with Crippen molar-refractivity contribution in [2.24, 2.45) is 0 Å². The zero-order valence-electron chi connectivity index (χ0n) is 14.4. The lowest BCUT2D eigenvalue weighted by Crippen LogP contribution is -2.34.